The van der Waals surface area contributed by atoms with E-state index in [0.717, 1.165) is 25.8 Å². The largest absolute Gasteiger partial charge is 0.573 e. The number of nitrogens with zero attached hydrogens (tertiary/aromatic N) is 6. The third kappa shape index (κ3) is 6.31. The van der Waals surface area contributed by atoms with Gasteiger partial charge in [0.05, 0.1) is 25.2 Å². The molecule has 2 aromatic heterocycles. The van der Waals surface area contributed by atoms with Crippen molar-refractivity contribution >= 4 is 5.71 Å². The molecule has 2 heterocycles. The summed E-state index contributed by atoms with van der Waals surface area (Å²) in [5.74, 6) is -0.0570. The van der Waals surface area contributed by atoms with E-state index in [1.165, 1.54) is 30.6 Å². The van der Waals surface area contributed by atoms with Gasteiger partial charge in [-0.05, 0) is 43.5 Å². The smallest absolute Gasteiger partial charge is 0.493 e. The minimum absolute atomic E-state index is 0.00229. The average molecular weight is 493 g/mol. The molecule has 0 radical (unpaired) electrons. The first-order chi connectivity index (χ1) is 16.8. The number of rotatable bonds is 9. The topological polar surface area (TPSA) is 99.6 Å². The summed E-state index contributed by atoms with van der Waals surface area (Å²) in [5.41, 5.74) is 0.346. The molecular formula is C23H27F3N6O3. The quantitative estimate of drug-likeness (QED) is 0.351. The lowest BCUT2D eigenvalue weighted by molar-refractivity contribution is -0.274. The van der Waals surface area contributed by atoms with Crippen molar-refractivity contribution in [2.24, 2.45) is 22.4 Å². The number of hydrogen-bond acceptors (Lipinski definition) is 7. The number of imidazole rings is 1. The monoisotopic (exact) mass is 492 g/mol. The molecule has 1 saturated carbocycles. The van der Waals surface area contributed by atoms with Gasteiger partial charge in [-0.1, -0.05) is 12.1 Å². The molecule has 1 aliphatic carbocycles. The number of oxime groups is 1. The first-order valence-electron chi connectivity index (χ1n) is 11.2. The summed E-state index contributed by atoms with van der Waals surface area (Å²) in [6.07, 6.45) is 6.08. The van der Waals surface area contributed by atoms with Crippen LogP contribution < -0.4 is 9.47 Å². The van der Waals surface area contributed by atoms with Gasteiger partial charge in [-0.15, -0.1) is 13.2 Å². The Bertz CT molecular complexity index is 1090. The van der Waals surface area contributed by atoms with Crippen LogP contribution in [0.2, 0.25) is 0 Å². The number of alkyl halides is 3. The van der Waals surface area contributed by atoms with Gasteiger partial charge in [-0.3, -0.25) is 4.68 Å². The molecule has 0 aliphatic heterocycles. The van der Waals surface area contributed by atoms with Gasteiger partial charge >= 0.3 is 6.36 Å². The second kappa shape index (κ2) is 10.4. The van der Waals surface area contributed by atoms with Gasteiger partial charge < -0.3 is 19.2 Å². The third-order valence-electron chi connectivity index (χ3n) is 6.57. The molecule has 0 bridgehead atoms. The first kappa shape index (κ1) is 24.6. The van der Waals surface area contributed by atoms with E-state index >= 15 is 0 Å². The fourth-order valence-electron chi connectivity index (χ4n) is 4.65. The number of halogens is 3. The average Bonchev–Trinajstić information content (AvgIpc) is 3.52. The fraction of sp³-hybridized carbons (Fsp3) is 0.478. The third-order valence-corrected chi connectivity index (χ3v) is 6.57. The molecule has 3 atom stereocenters. The van der Waals surface area contributed by atoms with E-state index in [1.54, 1.807) is 23.5 Å². The van der Waals surface area contributed by atoms with Crippen molar-refractivity contribution in [2.45, 2.75) is 45.6 Å². The van der Waals surface area contributed by atoms with Gasteiger partial charge in [-0.25, -0.2) is 9.97 Å². The molecule has 0 unspecified atom stereocenters. The second-order valence-corrected chi connectivity index (χ2v) is 8.95. The van der Waals surface area contributed by atoms with Crippen LogP contribution in [0.15, 0.2) is 60.8 Å². The first-order valence-corrected chi connectivity index (χ1v) is 11.2. The minimum Gasteiger partial charge on any atom is -0.493 e. The number of benzene rings is 1. The molecule has 3 aromatic rings. The van der Waals surface area contributed by atoms with Gasteiger partial charge in [0.1, 0.15) is 24.2 Å². The number of aryl methyl sites for hydroxylation is 1. The zero-order valence-corrected chi connectivity index (χ0v) is 19.2. The lowest BCUT2D eigenvalue weighted by atomic mass is 9.63. The molecule has 12 heteroatoms. The summed E-state index contributed by atoms with van der Waals surface area (Å²) in [6, 6.07) is 5.30. The Kier molecular flexibility index (Phi) is 7.27. The zero-order chi connectivity index (χ0) is 24.9. The maximum absolute atomic E-state index is 12.4. The van der Waals surface area contributed by atoms with Crippen LogP contribution in [0.4, 0.5) is 13.2 Å². The number of aromatic nitrogens is 5. The second-order valence-electron chi connectivity index (χ2n) is 8.95. The van der Waals surface area contributed by atoms with Gasteiger partial charge in [0, 0.05) is 36.2 Å². The van der Waals surface area contributed by atoms with Crippen molar-refractivity contribution in [2.75, 3.05) is 6.61 Å². The van der Waals surface area contributed by atoms with Crippen LogP contribution in [0, 0.1) is 17.3 Å². The maximum Gasteiger partial charge on any atom is 0.573 e. The lowest BCUT2D eigenvalue weighted by Crippen LogP contribution is -2.46. The van der Waals surface area contributed by atoms with Gasteiger partial charge in [0.2, 0.25) is 0 Å². The van der Waals surface area contributed by atoms with Crippen LogP contribution in [0.1, 0.15) is 26.2 Å². The van der Waals surface area contributed by atoms with Gasteiger partial charge in [0.25, 0.3) is 0 Å². The summed E-state index contributed by atoms with van der Waals surface area (Å²) in [7, 11) is 0. The summed E-state index contributed by atoms with van der Waals surface area (Å²) in [6.45, 7) is 3.60. The highest BCUT2D eigenvalue weighted by Gasteiger charge is 2.44. The molecule has 188 valence electrons. The van der Waals surface area contributed by atoms with Crippen LogP contribution in [-0.4, -0.2) is 48.2 Å². The Morgan fingerprint density at radius 2 is 1.94 bits per heavy atom. The van der Waals surface area contributed by atoms with Crippen LogP contribution in [0.25, 0.3) is 0 Å². The minimum atomic E-state index is -4.75. The molecule has 35 heavy (non-hydrogen) atoms. The Morgan fingerprint density at radius 1 is 1.17 bits per heavy atom. The molecule has 0 amide bonds. The molecule has 1 aliphatic rings. The Labute approximate surface area is 200 Å². The molecule has 9 nitrogen and oxygen atoms in total. The molecule has 1 fully saturated rings. The maximum atomic E-state index is 12.4. The normalized spacial score (nSPS) is 23.9. The van der Waals surface area contributed by atoms with E-state index in [1.807, 2.05) is 10.8 Å². The molecule has 0 saturated heterocycles. The summed E-state index contributed by atoms with van der Waals surface area (Å²) in [4.78, 5) is 8.10. The Balaban J connectivity index is 1.47. The summed E-state index contributed by atoms with van der Waals surface area (Å²) < 4.78 is 50.7. The van der Waals surface area contributed by atoms with Crippen molar-refractivity contribution in [1.82, 2.24) is 24.3 Å². The Hall–Kier alpha value is -3.57. The van der Waals surface area contributed by atoms with E-state index in [4.69, 9.17) is 4.74 Å². The zero-order valence-electron chi connectivity index (χ0n) is 19.2. The van der Waals surface area contributed by atoms with E-state index in [9.17, 15) is 18.4 Å². The molecule has 1 N–H and O–H groups in total. The Morgan fingerprint density at radius 3 is 2.57 bits per heavy atom. The van der Waals surface area contributed by atoms with E-state index in [2.05, 4.69) is 31.9 Å². The predicted octanol–water partition coefficient (Wildman–Crippen LogP) is 4.41. The van der Waals surface area contributed by atoms with Crippen molar-refractivity contribution in [3.63, 3.8) is 0 Å². The van der Waals surface area contributed by atoms with Crippen molar-refractivity contribution < 1.29 is 27.9 Å². The fourth-order valence-corrected chi connectivity index (χ4v) is 4.65. The lowest BCUT2D eigenvalue weighted by Gasteiger charge is -2.43. The van der Waals surface area contributed by atoms with Gasteiger partial charge in [0.15, 0.2) is 0 Å². The SMILES string of the molecule is C[C@@]1(CCn2ccnc2)CC[C@@H](COc2ccc(OC(F)(F)F)cc2)[C@H](Cn2cncn2)C1=NO. The molecule has 1 aromatic carbocycles. The van der Waals surface area contributed by atoms with Crippen LogP contribution in [0.3, 0.4) is 0 Å². The van der Waals surface area contributed by atoms with Crippen LogP contribution >= 0.6 is 0 Å². The molecular weight excluding hydrogens is 465 g/mol. The molecule has 4 rings (SSSR count). The summed E-state index contributed by atoms with van der Waals surface area (Å²) in [5, 5.41) is 18.1. The number of hydrogen-bond donors (Lipinski definition) is 1. The van der Waals surface area contributed by atoms with Crippen LogP contribution in [0.5, 0.6) is 11.5 Å². The van der Waals surface area contributed by atoms with Crippen molar-refractivity contribution in [3.05, 3.63) is 55.6 Å². The van der Waals surface area contributed by atoms with Gasteiger partial charge in [-0.2, -0.15) is 5.10 Å². The highest BCUT2D eigenvalue weighted by molar-refractivity contribution is 5.92. The highest BCUT2D eigenvalue weighted by Crippen LogP contribution is 2.43. The van der Waals surface area contributed by atoms with E-state index in [0.29, 0.717) is 24.6 Å². The predicted molar refractivity (Wildman–Crippen MR) is 119 cm³/mol. The van der Waals surface area contributed by atoms with Crippen LogP contribution in [-0.2, 0) is 13.1 Å². The standard InChI is InChI=1S/C23H27F3N6O3/c1-22(8-10-31-11-9-27-15-31)7-6-17(20(21(22)30-33)12-32-16-28-14-29-32)13-34-18-2-4-19(5-3-18)35-23(24,25)26/h2-5,9,11,14-17,20,33H,6-8,10,12-13H2,1H3/t17-,20-,22-/m0/s1. The van der Waals surface area contributed by atoms with E-state index < -0.39 is 6.36 Å². The summed E-state index contributed by atoms with van der Waals surface area (Å²) >= 11 is 0. The highest BCUT2D eigenvalue weighted by atomic mass is 19.4. The van der Waals surface area contributed by atoms with Crippen molar-refractivity contribution in [3.8, 4) is 11.5 Å². The number of ether oxygens (including phenoxy) is 2. The van der Waals surface area contributed by atoms with E-state index in [-0.39, 0.29) is 23.0 Å². The molecule has 0 spiro atoms. The van der Waals surface area contributed by atoms with Crippen molar-refractivity contribution in [1.29, 1.82) is 0 Å².